The number of aryl methyl sites for hydroxylation is 1. The second kappa shape index (κ2) is 5.38. The van der Waals surface area contributed by atoms with E-state index in [0.29, 0.717) is 17.4 Å². The smallest absolute Gasteiger partial charge is 0.269 e. The van der Waals surface area contributed by atoms with Gasteiger partial charge >= 0.3 is 0 Å². The Morgan fingerprint density at radius 2 is 1.95 bits per heavy atom. The van der Waals surface area contributed by atoms with Crippen LogP contribution in [-0.2, 0) is 0 Å². The number of fused-ring (bicyclic) bond motifs is 2. The van der Waals surface area contributed by atoms with E-state index in [4.69, 9.17) is 4.98 Å². The van der Waals surface area contributed by atoms with Gasteiger partial charge in [-0.25, -0.2) is 9.97 Å². The molecule has 2 aromatic rings. The SMILES string of the molecule is Cc1nc2nc(N3CCCC4CCCCC43)ccc2[nH]c1=O. The summed E-state index contributed by atoms with van der Waals surface area (Å²) in [6.45, 7) is 2.81. The van der Waals surface area contributed by atoms with E-state index in [0.717, 1.165) is 23.8 Å². The topological polar surface area (TPSA) is 61.9 Å². The number of pyridine rings is 1. The maximum absolute atomic E-state index is 11.7. The summed E-state index contributed by atoms with van der Waals surface area (Å²) in [4.78, 5) is 26.1. The van der Waals surface area contributed by atoms with E-state index < -0.39 is 0 Å². The van der Waals surface area contributed by atoms with Gasteiger partial charge in [0.25, 0.3) is 5.56 Å². The van der Waals surface area contributed by atoms with Gasteiger partial charge in [0.05, 0.1) is 5.52 Å². The number of rotatable bonds is 1. The predicted molar refractivity (Wildman–Crippen MR) is 87.2 cm³/mol. The zero-order chi connectivity index (χ0) is 15.1. The minimum Gasteiger partial charge on any atom is -0.353 e. The highest BCUT2D eigenvalue weighted by atomic mass is 16.1. The zero-order valence-corrected chi connectivity index (χ0v) is 13.0. The van der Waals surface area contributed by atoms with E-state index in [1.165, 1.54) is 38.5 Å². The van der Waals surface area contributed by atoms with Gasteiger partial charge in [-0.1, -0.05) is 12.8 Å². The number of aromatic nitrogens is 3. The average Bonchev–Trinajstić information content (AvgIpc) is 2.55. The standard InChI is InChI=1S/C17H22N4O/c1-11-17(22)19-13-8-9-15(20-16(13)18-11)21-10-4-6-12-5-2-3-7-14(12)21/h8-9,12,14H,2-7,10H2,1H3,(H,19,22). The van der Waals surface area contributed by atoms with Crippen molar-refractivity contribution in [3.8, 4) is 0 Å². The lowest BCUT2D eigenvalue weighted by Gasteiger charge is -2.44. The maximum Gasteiger partial charge on any atom is 0.269 e. The fourth-order valence-corrected chi connectivity index (χ4v) is 4.11. The number of H-pyrrole nitrogens is 1. The summed E-state index contributed by atoms with van der Waals surface area (Å²) in [5.41, 5.74) is 1.71. The average molecular weight is 298 g/mol. The molecule has 3 heterocycles. The van der Waals surface area contributed by atoms with E-state index >= 15 is 0 Å². The molecule has 1 N–H and O–H groups in total. The van der Waals surface area contributed by atoms with Crippen molar-refractivity contribution in [3.05, 3.63) is 28.2 Å². The first kappa shape index (κ1) is 13.7. The van der Waals surface area contributed by atoms with Crippen LogP contribution >= 0.6 is 0 Å². The predicted octanol–water partition coefficient (Wildman–Crippen LogP) is 2.79. The molecule has 0 spiro atoms. The first-order valence-corrected chi connectivity index (χ1v) is 8.37. The number of nitrogens with zero attached hydrogens (tertiary/aromatic N) is 3. The van der Waals surface area contributed by atoms with Crippen molar-refractivity contribution >= 4 is 17.0 Å². The Morgan fingerprint density at radius 3 is 2.86 bits per heavy atom. The quantitative estimate of drug-likeness (QED) is 0.879. The summed E-state index contributed by atoms with van der Waals surface area (Å²) in [6.07, 6.45) is 7.96. The van der Waals surface area contributed by atoms with E-state index in [1.54, 1.807) is 6.92 Å². The normalized spacial score (nSPS) is 25.2. The minimum absolute atomic E-state index is 0.132. The Labute approximate surface area is 129 Å². The van der Waals surface area contributed by atoms with Crippen LogP contribution in [0.4, 0.5) is 5.82 Å². The lowest BCUT2D eigenvalue weighted by atomic mass is 9.78. The lowest BCUT2D eigenvalue weighted by molar-refractivity contribution is 0.243. The summed E-state index contributed by atoms with van der Waals surface area (Å²) >= 11 is 0. The van der Waals surface area contributed by atoms with Gasteiger partial charge in [0.15, 0.2) is 5.65 Å². The van der Waals surface area contributed by atoms with Crippen molar-refractivity contribution in [3.63, 3.8) is 0 Å². The molecular weight excluding hydrogens is 276 g/mol. The summed E-state index contributed by atoms with van der Waals surface area (Å²) < 4.78 is 0. The molecule has 0 aromatic carbocycles. The number of aromatic amines is 1. The molecule has 0 radical (unpaired) electrons. The van der Waals surface area contributed by atoms with Crippen LogP contribution in [-0.4, -0.2) is 27.5 Å². The van der Waals surface area contributed by atoms with Crippen LogP contribution in [0.15, 0.2) is 16.9 Å². The molecule has 4 rings (SSSR count). The second-order valence-electron chi connectivity index (χ2n) is 6.64. The lowest BCUT2D eigenvalue weighted by Crippen LogP contribution is -2.47. The van der Waals surface area contributed by atoms with Crippen LogP contribution < -0.4 is 10.5 Å². The Balaban J connectivity index is 1.73. The fraction of sp³-hybridized carbons (Fsp3) is 0.588. The Hall–Kier alpha value is -1.91. The van der Waals surface area contributed by atoms with Crippen molar-refractivity contribution in [1.82, 2.24) is 15.0 Å². The van der Waals surface area contributed by atoms with Crippen LogP contribution in [0, 0.1) is 12.8 Å². The highest BCUT2D eigenvalue weighted by molar-refractivity contribution is 5.72. The number of hydrogen-bond donors (Lipinski definition) is 1. The summed E-state index contributed by atoms with van der Waals surface area (Å²) in [7, 11) is 0. The van der Waals surface area contributed by atoms with Crippen LogP contribution in [0.3, 0.4) is 0 Å². The largest absolute Gasteiger partial charge is 0.353 e. The monoisotopic (exact) mass is 298 g/mol. The Kier molecular flexibility index (Phi) is 3.36. The highest BCUT2D eigenvalue weighted by Gasteiger charge is 2.33. The summed E-state index contributed by atoms with van der Waals surface area (Å²) in [5.74, 6) is 1.84. The van der Waals surface area contributed by atoms with Gasteiger partial charge in [-0.15, -0.1) is 0 Å². The number of hydrogen-bond acceptors (Lipinski definition) is 4. The zero-order valence-electron chi connectivity index (χ0n) is 13.0. The molecular formula is C17H22N4O. The van der Waals surface area contributed by atoms with E-state index in [-0.39, 0.29) is 5.56 Å². The third-order valence-electron chi connectivity index (χ3n) is 5.25. The molecule has 0 amide bonds. The third-order valence-corrected chi connectivity index (χ3v) is 5.25. The van der Waals surface area contributed by atoms with Crippen molar-refractivity contribution in [2.45, 2.75) is 51.5 Å². The first-order valence-electron chi connectivity index (χ1n) is 8.37. The van der Waals surface area contributed by atoms with Gasteiger partial charge in [0.2, 0.25) is 0 Å². The van der Waals surface area contributed by atoms with Gasteiger partial charge < -0.3 is 9.88 Å². The molecule has 2 unspecified atom stereocenters. The van der Waals surface area contributed by atoms with E-state index in [1.807, 2.05) is 12.1 Å². The molecule has 2 aromatic heterocycles. The Bertz CT molecular complexity index is 752. The van der Waals surface area contributed by atoms with Crippen LogP contribution in [0.25, 0.3) is 11.2 Å². The third kappa shape index (κ3) is 2.28. The molecule has 5 heteroatoms. The number of anilines is 1. The van der Waals surface area contributed by atoms with Crippen molar-refractivity contribution in [2.24, 2.45) is 5.92 Å². The van der Waals surface area contributed by atoms with Crippen LogP contribution in [0.5, 0.6) is 0 Å². The van der Waals surface area contributed by atoms with Gasteiger partial charge in [-0.05, 0) is 50.7 Å². The molecule has 1 saturated carbocycles. The van der Waals surface area contributed by atoms with Crippen molar-refractivity contribution in [1.29, 1.82) is 0 Å². The summed E-state index contributed by atoms with van der Waals surface area (Å²) in [5, 5.41) is 0. The molecule has 5 nitrogen and oxygen atoms in total. The van der Waals surface area contributed by atoms with Crippen molar-refractivity contribution < 1.29 is 0 Å². The molecule has 0 bridgehead atoms. The molecule has 22 heavy (non-hydrogen) atoms. The molecule has 2 fully saturated rings. The molecule has 2 atom stereocenters. The van der Waals surface area contributed by atoms with Gasteiger partial charge in [-0.2, -0.15) is 0 Å². The number of nitrogens with one attached hydrogen (secondary N) is 1. The summed E-state index contributed by atoms with van der Waals surface area (Å²) in [6, 6.07) is 4.61. The fourth-order valence-electron chi connectivity index (χ4n) is 4.11. The van der Waals surface area contributed by atoms with E-state index in [2.05, 4.69) is 14.9 Å². The molecule has 1 aliphatic carbocycles. The maximum atomic E-state index is 11.7. The van der Waals surface area contributed by atoms with Crippen LogP contribution in [0.2, 0.25) is 0 Å². The molecule has 116 valence electrons. The van der Waals surface area contributed by atoms with Gasteiger partial charge in [0.1, 0.15) is 11.5 Å². The minimum atomic E-state index is -0.132. The Morgan fingerprint density at radius 1 is 1.14 bits per heavy atom. The first-order chi connectivity index (χ1) is 10.7. The van der Waals surface area contributed by atoms with E-state index in [9.17, 15) is 4.79 Å². The second-order valence-corrected chi connectivity index (χ2v) is 6.64. The highest BCUT2D eigenvalue weighted by Crippen LogP contribution is 2.37. The molecule has 2 aliphatic rings. The van der Waals surface area contributed by atoms with Gasteiger partial charge in [0, 0.05) is 12.6 Å². The van der Waals surface area contributed by atoms with Crippen LogP contribution in [0.1, 0.15) is 44.2 Å². The molecule has 1 aliphatic heterocycles. The van der Waals surface area contributed by atoms with Gasteiger partial charge in [-0.3, -0.25) is 4.79 Å². The molecule has 1 saturated heterocycles. The number of piperidine rings is 1. The van der Waals surface area contributed by atoms with Crippen molar-refractivity contribution in [2.75, 3.05) is 11.4 Å².